The van der Waals surface area contributed by atoms with Gasteiger partial charge in [-0.3, -0.25) is 19.9 Å². The topological polar surface area (TPSA) is 92.8 Å². The molecule has 4 rings (SSSR count). The number of carbonyl (C=O) groups is 2. The lowest BCUT2D eigenvalue weighted by Crippen LogP contribution is -2.47. The van der Waals surface area contributed by atoms with Crippen molar-refractivity contribution >= 4 is 17.5 Å². The van der Waals surface area contributed by atoms with Crippen molar-refractivity contribution in [3.8, 4) is 5.75 Å². The largest absolute Gasteiger partial charge is 0.493 e. The second-order valence-electron chi connectivity index (χ2n) is 9.44. The van der Waals surface area contributed by atoms with E-state index in [9.17, 15) is 31.5 Å². The van der Waals surface area contributed by atoms with Gasteiger partial charge in [0.1, 0.15) is 11.8 Å². The Labute approximate surface area is 215 Å². The van der Waals surface area contributed by atoms with Crippen LogP contribution in [0.1, 0.15) is 42.2 Å². The number of nitrogens with one attached hydrogen (secondary N) is 2. The molecule has 0 aliphatic carbocycles. The van der Waals surface area contributed by atoms with E-state index in [1.807, 2.05) is 0 Å². The first kappa shape index (κ1) is 27.7. The fourth-order valence-electron chi connectivity index (χ4n) is 4.90. The van der Waals surface area contributed by atoms with Crippen LogP contribution in [-0.4, -0.2) is 66.4 Å². The number of rotatable bonds is 5. The quantitative estimate of drug-likeness (QED) is 0.558. The predicted octanol–water partition coefficient (Wildman–Crippen LogP) is 3.84. The van der Waals surface area contributed by atoms with Gasteiger partial charge in [0, 0.05) is 35.8 Å². The zero-order valence-corrected chi connectivity index (χ0v) is 20.9. The first-order valence-electron chi connectivity index (χ1n) is 11.9. The number of hydrogen-bond acceptors (Lipinski definition) is 6. The van der Waals surface area contributed by atoms with Gasteiger partial charge in [-0.2, -0.15) is 17.6 Å². The van der Waals surface area contributed by atoms with Crippen LogP contribution in [0.2, 0.25) is 0 Å². The van der Waals surface area contributed by atoms with E-state index in [1.165, 1.54) is 25.3 Å². The molecule has 2 aliphatic rings. The highest BCUT2D eigenvalue weighted by molar-refractivity contribution is 5.97. The molecule has 8 nitrogen and oxygen atoms in total. The van der Waals surface area contributed by atoms with Crippen LogP contribution in [0, 0.1) is 17.6 Å². The van der Waals surface area contributed by atoms with Crippen molar-refractivity contribution < 1.29 is 41.0 Å². The van der Waals surface area contributed by atoms with Gasteiger partial charge in [0.05, 0.1) is 13.8 Å². The third-order valence-electron chi connectivity index (χ3n) is 7.19. The number of benzene rings is 1. The summed E-state index contributed by atoms with van der Waals surface area (Å²) in [5.74, 6) is -7.34. The molecule has 2 aromatic rings. The Morgan fingerprint density at radius 3 is 2.63 bits per heavy atom. The van der Waals surface area contributed by atoms with E-state index in [4.69, 9.17) is 9.47 Å². The average Bonchev–Trinajstić information content (AvgIpc) is 3.17. The predicted molar refractivity (Wildman–Crippen MR) is 126 cm³/mol. The SMILES string of the molecule is COc1c([C@H]2[C@H](C(=O)Nc3ccnc(C(=O)N4CCCNC4)c3)O[C@@](C)(C(F)(F)F)[C@H]2C)ccc(F)c1F. The molecule has 0 radical (unpaired) electrons. The Kier molecular flexibility index (Phi) is 7.62. The summed E-state index contributed by atoms with van der Waals surface area (Å²) in [5, 5.41) is 5.56. The summed E-state index contributed by atoms with van der Waals surface area (Å²) in [6.07, 6.45) is -4.60. The van der Waals surface area contributed by atoms with E-state index in [1.54, 1.807) is 4.90 Å². The molecule has 2 saturated heterocycles. The third-order valence-corrected chi connectivity index (χ3v) is 7.19. The molecule has 0 unspecified atom stereocenters. The van der Waals surface area contributed by atoms with Crippen LogP contribution < -0.4 is 15.4 Å². The number of hydrogen-bond donors (Lipinski definition) is 2. The molecule has 1 aromatic heterocycles. The number of methoxy groups -OCH3 is 1. The highest BCUT2D eigenvalue weighted by atomic mass is 19.4. The third kappa shape index (κ3) is 4.92. The molecule has 0 saturated carbocycles. The molecule has 38 heavy (non-hydrogen) atoms. The van der Waals surface area contributed by atoms with E-state index < -0.39 is 53.0 Å². The lowest BCUT2D eigenvalue weighted by molar-refractivity contribution is -0.272. The summed E-state index contributed by atoms with van der Waals surface area (Å²) in [7, 11) is 1.05. The fraction of sp³-hybridized carbons (Fsp3) is 0.480. The van der Waals surface area contributed by atoms with Crippen molar-refractivity contribution in [2.45, 2.75) is 44.1 Å². The van der Waals surface area contributed by atoms with Gasteiger partial charge >= 0.3 is 6.18 Å². The number of nitrogens with zero attached hydrogens (tertiary/aromatic N) is 2. The zero-order valence-electron chi connectivity index (χ0n) is 20.9. The molecule has 206 valence electrons. The molecule has 0 spiro atoms. The van der Waals surface area contributed by atoms with Gasteiger partial charge in [0.2, 0.25) is 5.82 Å². The number of amides is 2. The maximum Gasteiger partial charge on any atom is 0.417 e. The van der Waals surface area contributed by atoms with Crippen molar-refractivity contribution in [1.29, 1.82) is 0 Å². The number of ether oxygens (including phenoxy) is 2. The Balaban J connectivity index is 1.67. The minimum atomic E-state index is -4.88. The van der Waals surface area contributed by atoms with Crippen molar-refractivity contribution in [1.82, 2.24) is 15.2 Å². The van der Waals surface area contributed by atoms with Gasteiger partial charge < -0.3 is 19.7 Å². The monoisotopic (exact) mass is 542 g/mol. The maximum atomic E-state index is 14.5. The molecule has 2 aliphatic heterocycles. The highest BCUT2D eigenvalue weighted by Crippen LogP contribution is 2.55. The van der Waals surface area contributed by atoms with Gasteiger partial charge in [-0.05, 0) is 38.1 Å². The van der Waals surface area contributed by atoms with E-state index in [0.29, 0.717) is 13.2 Å². The lowest BCUT2D eigenvalue weighted by Gasteiger charge is -2.32. The van der Waals surface area contributed by atoms with E-state index in [2.05, 4.69) is 15.6 Å². The lowest BCUT2D eigenvalue weighted by atomic mass is 9.77. The molecule has 2 fully saturated rings. The second kappa shape index (κ2) is 10.4. The van der Waals surface area contributed by atoms with Crippen LogP contribution in [0.15, 0.2) is 30.5 Å². The van der Waals surface area contributed by atoms with Gasteiger partial charge in [0.15, 0.2) is 17.2 Å². The first-order valence-corrected chi connectivity index (χ1v) is 11.9. The standard InChI is InChI=1S/C25H27F5N4O4/c1-13-18(15-5-6-16(26)19(27)20(15)37-3)21(38-24(13,2)25(28,29)30)22(35)33-14-7-9-32-17(11-14)23(36)34-10-4-8-31-12-34/h5-7,9,11,13,18,21,31H,4,8,10,12H2,1-3H3,(H,32,33,35)/t13-,18-,21+,24+/m0/s1. The summed E-state index contributed by atoms with van der Waals surface area (Å²) < 4.78 is 81.1. The van der Waals surface area contributed by atoms with Gasteiger partial charge in [-0.25, -0.2) is 4.39 Å². The van der Waals surface area contributed by atoms with Crippen LogP contribution >= 0.6 is 0 Å². The average molecular weight is 543 g/mol. The molecular weight excluding hydrogens is 515 g/mol. The number of pyridine rings is 1. The minimum absolute atomic E-state index is 0.0335. The Morgan fingerprint density at radius 2 is 2.00 bits per heavy atom. The maximum absolute atomic E-state index is 14.5. The number of alkyl halides is 3. The molecule has 2 N–H and O–H groups in total. The van der Waals surface area contributed by atoms with Crippen molar-refractivity contribution in [3.05, 3.63) is 53.4 Å². The van der Waals surface area contributed by atoms with E-state index in [0.717, 1.165) is 39.1 Å². The zero-order chi connectivity index (χ0) is 27.8. The van der Waals surface area contributed by atoms with Crippen molar-refractivity contribution in [3.63, 3.8) is 0 Å². The first-order chi connectivity index (χ1) is 17.9. The van der Waals surface area contributed by atoms with Crippen LogP contribution in [0.25, 0.3) is 0 Å². The summed E-state index contributed by atoms with van der Waals surface area (Å²) in [6, 6.07) is 4.52. The summed E-state index contributed by atoms with van der Waals surface area (Å²) in [4.78, 5) is 31.7. The molecular formula is C25H27F5N4O4. The molecule has 4 atom stereocenters. The van der Waals surface area contributed by atoms with Gasteiger partial charge in [-0.1, -0.05) is 13.0 Å². The Hall–Kier alpha value is -3.32. The highest BCUT2D eigenvalue weighted by Gasteiger charge is 2.65. The fourth-order valence-corrected chi connectivity index (χ4v) is 4.90. The van der Waals surface area contributed by atoms with Crippen LogP contribution in [0.5, 0.6) is 5.75 Å². The van der Waals surface area contributed by atoms with Crippen LogP contribution in [0.4, 0.5) is 27.6 Å². The van der Waals surface area contributed by atoms with Gasteiger partial charge in [0.25, 0.3) is 11.8 Å². The van der Waals surface area contributed by atoms with Crippen LogP contribution in [-0.2, 0) is 9.53 Å². The number of aromatic nitrogens is 1. The minimum Gasteiger partial charge on any atom is -0.493 e. The summed E-state index contributed by atoms with van der Waals surface area (Å²) in [6.45, 7) is 3.65. The van der Waals surface area contributed by atoms with Crippen molar-refractivity contribution in [2.75, 3.05) is 32.2 Å². The van der Waals surface area contributed by atoms with Crippen molar-refractivity contribution in [2.24, 2.45) is 5.92 Å². The normalized spacial score (nSPS) is 25.8. The smallest absolute Gasteiger partial charge is 0.417 e. The summed E-state index contributed by atoms with van der Waals surface area (Å²) in [5.41, 5.74) is -2.79. The number of carbonyl (C=O) groups excluding carboxylic acids is 2. The summed E-state index contributed by atoms with van der Waals surface area (Å²) >= 11 is 0. The Bertz CT molecular complexity index is 1220. The molecule has 0 bridgehead atoms. The molecule has 13 heteroatoms. The van der Waals surface area contributed by atoms with E-state index >= 15 is 0 Å². The number of halogens is 5. The Morgan fingerprint density at radius 1 is 1.26 bits per heavy atom. The molecule has 3 heterocycles. The number of anilines is 1. The van der Waals surface area contributed by atoms with Gasteiger partial charge in [-0.15, -0.1) is 0 Å². The van der Waals surface area contributed by atoms with Crippen LogP contribution in [0.3, 0.4) is 0 Å². The second-order valence-corrected chi connectivity index (χ2v) is 9.44. The van der Waals surface area contributed by atoms with E-state index in [-0.39, 0.29) is 22.9 Å². The molecule has 2 amide bonds. The molecule has 1 aromatic carbocycles.